The number of thioether (sulfide) groups is 1. The predicted molar refractivity (Wildman–Crippen MR) is 58.3 cm³/mol. The molecule has 0 bridgehead atoms. The Morgan fingerprint density at radius 3 is 2.85 bits per heavy atom. The van der Waals surface area contributed by atoms with Crippen molar-refractivity contribution >= 4 is 33.2 Å². The smallest absolute Gasteiger partial charge is 0.142 e. The third-order valence-electron chi connectivity index (χ3n) is 2.06. The Labute approximate surface area is 84.8 Å². The van der Waals surface area contributed by atoms with Crippen molar-refractivity contribution in [3.8, 4) is 0 Å². The summed E-state index contributed by atoms with van der Waals surface area (Å²) in [5, 5.41) is 2.37. The van der Waals surface area contributed by atoms with Crippen LogP contribution in [0.1, 0.15) is 5.56 Å². The van der Waals surface area contributed by atoms with E-state index in [0.717, 1.165) is 20.5 Å². The Bertz CT molecular complexity index is 445. The molecule has 1 aromatic heterocycles. The Morgan fingerprint density at radius 1 is 1.38 bits per heavy atom. The molecule has 0 nitrogen and oxygen atoms in total. The summed E-state index contributed by atoms with van der Waals surface area (Å²) in [5.41, 5.74) is 1.15. The molecule has 0 unspecified atom stereocenters. The van der Waals surface area contributed by atoms with Crippen molar-refractivity contribution in [2.75, 3.05) is 6.26 Å². The average molecular weight is 212 g/mol. The standard InChI is InChI=1S/C10H9FS2/c1-6-3-4-8(12-2)9-7(11)5-13-10(6)9/h3-5H,1-2H3. The largest absolute Gasteiger partial charge is 0.205 e. The van der Waals surface area contributed by atoms with Crippen LogP contribution in [0.15, 0.2) is 22.4 Å². The molecule has 0 aliphatic heterocycles. The van der Waals surface area contributed by atoms with Crippen LogP contribution >= 0.6 is 23.1 Å². The van der Waals surface area contributed by atoms with Crippen molar-refractivity contribution in [1.82, 2.24) is 0 Å². The maximum absolute atomic E-state index is 13.4. The molecule has 0 radical (unpaired) electrons. The minimum atomic E-state index is -0.0898. The molecule has 68 valence electrons. The zero-order valence-corrected chi connectivity index (χ0v) is 9.06. The van der Waals surface area contributed by atoms with E-state index in [-0.39, 0.29) is 5.82 Å². The highest BCUT2D eigenvalue weighted by Gasteiger charge is 2.09. The molecule has 0 amide bonds. The highest BCUT2D eigenvalue weighted by atomic mass is 32.2. The fourth-order valence-electron chi connectivity index (χ4n) is 1.39. The van der Waals surface area contributed by atoms with Crippen LogP contribution in [0.5, 0.6) is 0 Å². The van der Waals surface area contributed by atoms with Gasteiger partial charge in [-0.1, -0.05) is 6.07 Å². The quantitative estimate of drug-likeness (QED) is 0.642. The van der Waals surface area contributed by atoms with E-state index in [4.69, 9.17) is 0 Å². The average Bonchev–Trinajstić information content (AvgIpc) is 2.51. The van der Waals surface area contributed by atoms with Crippen LogP contribution in [0.3, 0.4) is 0 Å². The zero-order valence-electron chi connectivity index (χ0n) is 7.43. The van der Waals surface area contributed by atoms with E-state index in [9.17, 15) is 4.39 Å². The second-order valence-corrected chi connectivity index (χ2v) is 4.60. The van der Waals surface area contributed by atoms with Crippen molar-refractivity contribution in [3.05, 3.63) is 28.9 Å². The van der Waals surface area contributed by atoms with Gasteiger partial charge in [0.05, 0.1) is 0 Å². The van der Waals surface area contributed by atoms with Gasteiger partial charge in [0.15, 0.2) is 0 Å². The summed E-state index contributed by atoms with van der Waals surface area (Å²) in [6, 6.07) is 4.03. The van der Waals surface area contributed by atoms with Crippen molar-refractivity contribution < 1.29 is 4.39 Å². The summed E-state index contributed by atoms with van der Waals surface area (Å²) in [5.74, 6) is -0.0898. The molecule has 0 spiro atoms. The van der Waals surface area contributed by atoms with Gasteiger partial charge in [0, 0.05) is 20.4 Å². The van der Waals surface area contributed by atoms with Crippen LogP contribution < -0.4 is 0 Å². The molecule has 0 saturated carbocycles. The molecule has 1 aromatic carbocycles. The maximum Gasteiger partial charge on any atom is 0.142 e. The van der Waals surface area contributed by atoms with Crippen LogP contribution in [0, 0.1) is 12.7 Å². The number of hydrogen-bond acceptors (Lipinski definition) is 2. The van der Waals surface area contributed by atoms with Gasteiger partial charge in [0.2, 0.25) is 0 Å². The van der Waals surface area contributed by atoms with E-state index in [1.165, 1.54) is 11.3 Å². The first-order chi connectivity index (χ1) is 6.24. The molecule has 1 heterocycles. The molecule has 0 aliphatic carbocycles. The number of rotatable bonds is 1. The Hall–Kier alpha value is -0.540. The number of benzene rings is 1. The Morgan fingerprint density at radius 2 is 2.15 bits per heavy atom. The molecule has 0 atom stereocenters. The fraction of sp³-hybridized carbons (Fsp3) is 0.200. The molecule has 0 N–H and O–H groups in total. The lowest BCUT2D eigenvalue weighted by molar-refractivity contribution is 0.642. The predicted octanol–water partition coefficient (Wildman–Crippen LogP) is 4.07. The van der Waals surface area contributed by atoms with Gasteiger partial charge >= 0.3 is 0 Å². The van der Waals surface area contributed by atoms with Crippen molar-refractivity contribution in [2.24, 2.45) is 0 Å². The first kappa shape index (κ1) is 9.03. The molecule has 13 heavy (non-hydrogen) atoms. The summed E-state index contributed by atoms with van der Waals surface area (Å²) in [7, 11) is 0. The number of hydrogen-bond donors (Lipinski definition) is 0. The van der Waals surface area contributed by atoms with Crippen LogP contribution in [0.4, 0.5) is 4.39 Å². The highest BCUT2D eigenvalue weighted by molar-refractivity contribution is 7.98. The minimum Gasteiger partial charge on any atom is -0.205 e. The molecular weight excluding hydrogens is 203 g/mol. The second-order valence-electron chi connectivity index (χ2n) is 2.87. The molecule has 0 fully saturated rings. The van der Waals surface area contributed by atoms with Gasteiger partial charge in [0.1, 0.15) is 5.82 Å². The third kappa shape index (κ3) is 1.36. The summed E-state index contributed by atoms with van der Waals surface area (Å²) in [4.78, 5) is 1.03. The molecule has 0 saturated heterocycles. The van der Waals surface area contributed by atoms with Gasteiger partial charge < -0.3 is 0 Å². The SMILES string of the molecule is CSc1ccc(C)c2scc(F)c12. The molecular formula is C10H9FS2. The van der Waals surface area contributed by atoms with Crippen LogP contribution in [0.2, 0.25) is 0 Å². The topological polar surface area (TPSA) is 0 Å². The number of aryl methyl sites for hydroxylation is 1. The highest BCUT2D eigenvalue weighted by Crippen LogP contribution is 2.34. The summed E-state index contributed by atoms with van der Waals surface area (Å²) >= 11 is 3.07. The number of thiophene rings is 1. The van der Waals surface area contributed by atoms with E-state index in [2.05, 4.69) is 0 Å². The lowest BCUT2D eigenvalue weighted by Crippen LogP contribution is -1.78. The summed E-state index contributed by atoms with van der Waals surface area (Å²) < 4.78 is 14.4. The van der Waals surface area contributed by atoms with Crippen molar-refractivity contribution in [2.45, 2.75) is 11.8 Å². The molecule has 3 heteroatoms. The van der Waals surface area contributed by atoms with Gasteiger partial charge in [0.25, 0.3) is 0 Å². The first-order valence-corrected chi connectivity index (χ1v) is 6.04. The lowest BCUT2D eigenvalue weighted by Gasteiger charge is -2.01. The molecule has 2 rings (SSSR count). The zero-order chi connectivity index (χ0) is 9.42. The van der Waals surface area contributed by atoms with Gasteiger partial charge in [-0.05, 0) is 24.8 Å². The lowest BCUT2D eigenvalue weighted by atomic mass is 10.2. The summed E-state index contributed by atoms with van der Waals surface area (Å²) in [6.07, 6.45) is 1.97. The van der Waals surface area contributed by atoms with Gasteiger partial charge in [-0.25, -0.2) is 4.39 Å². The van der Waals surface area contributed by atoms with Crippen molar-refractivity contribution in [1.29, 1.82) is 0 Å². The molecule has 2 aromatic rings. The summed E-state index contributed by atoms with van der Waals surface area (Å²) in [6.45, 7) is 2.02. The monoisotopic (exact) mass is 212 g/mol. The van der Waals surface area contributed by atoms with Crippen LogP contribution in [-0.4, -0.2) is 6.26 Å². The van der Waals surface area contributed by atoms with Crippen molar-refractivity contribution in [3.63, 3.8) is 0 Å². The van der Waals surface area contributed by atoms with Crippen LogP contribution in [0.25, 0.3) is 10.1 Å². The van der Waals surface area contributed by atoms with Gasteiger partial charge in [-0.15, -0.1) is 23.1 Å². The van der Waals surface area contributed by atoms with Gasteiger partial charge in [-0.3, -0.25) is 0 Å². The second kappa shape index (κ2) is 3.31. The third-order valence-corrected chi connectivity index (χ3v) is 3.92. The first-order valence-electron chi connectivity index (χ1n) is 3.94. The molecule has 0 aliphatic rings. The van der Waals surface area contributed by atoms with E-state index >= 15 is 0 Å². The minimum absolute atomic E-state index is 0.0898. The Balaban J connectivity index is 2.88. The number of fused-ring (bicyclic) bond motifs is 1. The Kier molecular flexibility index (Phi) is 2.30. The fourth-order valence-corrected chi connectivity index (χ4v) is 2.98. The van der Waals surface area contributed by atoms with Crippen LogP contribution in [-0.2, 0) is 0 Å². The number of halogens is 1. The maximum atomic E-state index is 13.4. The normalized spacial score (nSPS) is 11.0. The van der Waals surface area contributed by atoms with E-state index < -0.39 is 0 Å². The van der Waals surface area contributed by atoms with Gasteiger partial charge in [-0.2, -0.15) is 0 Å². The van der Waals surface area contributed by atoms with E-state index in [1.54, 1.807) is 17.1 Å². The van der Waals surface area contributed by atoms with E-state index in [0.29, 0.717) is 0 Å². The van der Waals surface area contributed by atoms with E-state index in [1.807, 2.05) is 25.3 Å².